The summed E-state index contributed by atoms with van der Waals surface area (Å²) < 4.78 is 0. The number of hydrazine groups is 1. The van der Waals surface area contributed by atoms with Crippen molar-refractivity contribution in [3.8, 4) is 0 Å². The predicted molar refractivity (Wildman–Crippen MR) is 90.3 cm³/mol. The molecule has 2 aliphatic heterocycles. The highest BCUT2D eigenvalue weighted by Gasteiger charge is 2.43. The second-order valence-corrected chi connectivity index (χ2v) is 7.92. The van der Waals surface area contributed by atoms with Crippen molar-refractivity contribution in [2.45, 2.75) is 71.1 Å². The van der Waals surface area contributed by atoms with Crippen molar-refractivity contribution in [2.24, 2.45) is 17.8 Å². The molecule has 0 amide bonds. The number of nitrogens with one attached hydrogen (secondary N) is 2. The molecule has 3 nitrogen and oxygen atoms in total. The molecule has 0 bridgehead atoms. The van der Waals surface area contributed by atoms with Crippen LogP contribution in [0.1, 0.15) is 59.3 Å². The first kappa shape index (κ1) is 16.7. The van der Waals surface area contributed by atoms with Gasteiger partial charge in [0, 0.05) is 12.5 Å². The van der Waals surface area contributed by atoms with Crippen molar-refractivity contribution in [3.63, 3.8) is 0 Å². The third-order valence-corrected chi connectivity index (χ3v) is 6.15. The molecule has 6 unspecified atom stereocenters. The zero-order chi connectivity index (χ0) is 14.5. The van der Waals surface area contributed by atoms with Gasteiger partial charge in [0.05, 0.1) is 12.8 Å². The van der Waals surface area contributed by atoms with E-state index in [9.17, 15) is 0 Å². The number of rotatable bonds is 9. The molecule has 20 heavy (non-hydrogen) atoms. The molecule has 2 N–H and O–H groups in total. The number of hydrogen-bond acceptors (Lipinski definition) is 3. The first-order valence-electron chi connectivity index (χ1n) is 8.62. The van der Waals surface area contributed by atoms with Crippen molar-refractivity contribution in [3.05, 3.63) is 0 Å². The zero-order valence-corrected chi connectivity index (χ0v) is 14.7. The Morgan fingerprint density at radius 3 is 2.60 bits per heavy atom. The lowest BCUT2D eigenvalue weighted by Crippen LogP contribution is -2.63. The molecule has 2 saturated heterocycles. The number of unbranched alkanes of at least 4 members (excludes halogenated alkanes) is 2. The van der Waals surface area contributed by atoms with E-state index < -0.39 is 0 Å². The van der Waals surface area contributed by atoms with E-state index in [1.54, 1.807) is 0 Å². The molecule has 0 radical (unpaired) electrons. The Balaban J connectivity index is 1.64. The summed E-state index contributed by atoms with van der Waals surface area (Å²) in [6, 6.07) is 0. The summed E-state index contributed by atoms with van der Waals surface area (Å²) in [5.41, 5.74) is 4.34. The maximum absolute atomic E-state index is 3.55. The first-order valence-corrected chi connectivity index (χ1v) is 9.29. The number of hydrogen-bond donors (Lipinski definition) is 2. The number of fused-ring (bicyclic) bond motifs is 1. The molecule has 0 aliphatic carbocycles. The molecule has 2 fully saturated rings. The molecule has 0 aromatic heterocycles. The Labute approximate surface area is 127 Å². The zero-order valence-electron chi connectivity index (χ0n) is 13.6. The second kappa shape index (κ2) is 8.08. The lowest BCUT2D eigenvalue weighted by Gasteiger charge is -2.40. The topological polar surface area (TPSA) is 27.3 Å². The maximum atomic E-state index is 3.55. The average Bonchev–Trinajstić information content (AvgIpc) is 2.70. The molecular weight excluding hydrogens is 265 g/mol. The van der Waals surface area contributed by atoms with Gasteiger partial charge in [-0.2, -0.15) is 0 Å². The van der Waals surface area contributed by atoms with Gasteiger partial charge in [0.1, 0.15) is 0 Å². The largest absolute Gasteiger partial charge is 0.286 e. The van der Waals surface area contributed by atoms with Crippen molar-refractivity contribution in [1.29, 1.82) is 0 Å². The van der Waals surface area contributed by atoms with Crippen molar-refractivity contribution in [1.82, 2.24) is 15.8 Å². The van der Waals surface area contributed by atoms with Crippen LogP contribution < -0.4 is 10.7 Å². The van der Waals surface area contributed by atoms with Crippen molar-refractivity contribution in [2.75, 3.05) is 13.2 Å². The van der Waals surface area contributed by atoms with E-state index in [0.29, 0.717) is 6.17 Å². The van der Waals surface area contributed by atoms with E-state index >= 15 is 0 Å². The van der Waals surface area contributed by atoms with Gasteiger partial charge in [-0.3, -0.25) is 10.7 Å². The molecule has 0 aromatic carbocycles. The van der Waals surface area contributed by atoms with Crippen LogP contribution in [-0.4, -0.2) is 30.0 Å². The molecule has 4 heteroatoms. The Kier molecular flexibility index (Phi) is 6.74. The normalized spacial score (nSPS) is 30.6. The molecular formula is C16H34N3P. The molecule has 2 rings (SSSR count). The summed E-state index contributed by atoms with van der Waals surface area (Å²) in [5, 5.41) is 5.91. The fraction of sp³-hybridized carbons (Fsp3) is 1.00. The van der Waals surface area contributed by atoms with Gasteiger partial charge in [-0.1, -0.05) is 40.0 Å². The lowest BCUT2D eigenvalue weighted by molar-refractivity contribution is 0.0142. The predicted octanol–water partition coefficient (Wildman–Crippen LogP) is 3.19. The van der Waals surface area contributed by atoms with Gasteiger partial charge in [-0.15, -0.1) is 9.24 Å². The molecule has 118 valence electrons. The van der Waals surface area contributed by atoms with Crippen LogP contribution in [-0.2, 0) is 0 Å². The van der Waals surface area contributed by atoms with Crippen LogP contribution in [0.25, 0.3) is 0 Å². The van der Waals surface area contributed by atoms with E-state index in [1.807, 2.05) is 0 Å². The van der Waals surface area contributed by atoms with Crippen LogP contribution in [0.4, 0.5) is 0 Å². The monoisotopic (exact) mass is 299 g/mol. The Morgan fingerprint density at radius 2 is 2.00 bits per heavy atom. The molecule has 2 aliphatic rings. The fourth-order valence-corrected chi connectivity index (χ4v) is 4.02. The highest BCUT2D eigenvalue weighted by atomic mass is 31.0. The van der Waals surface area contributed by atoms with Gasteiger partial charge < -0.3 is 0 Å². The average molecular weight is 299 g/mol. The summed E-state index contributed by atoms with van der Waals surface area (Å²) in [6.45, 7) is 9.37. The lowest BCUT2D eigenvalue weighted by atomic mass is 9.79. The van der Waals surface area contributed by atoms with Gasteiger partial charge in [-0.05, 0) is 36.8 Å². The fourth-order valence-electron chi connectivity index (χ4n) is 3.60. The van der Waals surface area contributed by atoms with E-state index in [1.165, 1.54) is 38.5 Å². The third kappa shape index (κ3) is 4.16. The van der Waals surface area contributed by atoms with Crippen LogP contribution in [0.15, 0.2) is 0 Å². The standard InChI is InChI=1S/C16H34N3P/c1-4-5-6-7-14(20)9-8-12(2)13(3)15-10-18-19-11-17-16(15)19/h12-18H,4-11,20H2,1-3H3. The van der Waals surface area contributed by atoms with Gasteiger partial charge in [0.15, 0.2) is 0 Å². The van der Waals surface area contributed by atoms with Crippen molar-refractivity contribution < 1.29 is 0 Å². The Morgan fingerprint density at radius 1 is 1.20 bits per heavy atom. The summed E-state index contributed by atoms with van der Waals surface area (Å²) in [4.78, 5) is 0. The smallest absolute Gasteiger partial charge is 0.0801 e. The maximum Gasteiger partial charge on any atom is 0.0801 e. The van der Waals surface area contributed by atoms with Gasteiger partial charge in [0.2, 0.25) is 0 Å². The Hall–Kier alpha value is 0.310. The molecule has 6 atom stereocenters. The minimum Gasteiger partial charge on any atom is -0.286 e. The van der Waals surface area contributed by atoms with Gasteiger partial charge in [-0.25, -0.2) is 5.01 Å². The van der Waals surface area contributed by atoms with Crippen LogP contribution in [0.3, 0.4) is 0 Å². The summed E-state index contributed by atoms with van der Waals surface area (Å²) in [7, 11) is 3.08. The minimum absolute atomic E-state index is 0.601. The summed E-state index contributed by atoms with van der Waals surface area (Å²) in [5.74, 6) is 2.42. The minimum atomic E-state index is 0.601. The molecule has 0 spiro atoms. The SMILES string of the molecule is CCCCCC(P)CCC(C)C(C)C1CNN2CNC12. The van der Waals surface area contributed by atoms with E-state index in [0.717, 1.165) is 36.6 Å². The highest BCUT2D eigenvalue weighted by Crippen LogP contribution is 2.33. The van der Waals surface area contributed by atoms with Crippen molar-refractivity contribution >= 4 is 9.24 Å². The summed E-state index contributed by atoms with van der Waals surface area (Å²) in [6.07, 6.45) is 8.89. The van der Waals surface area contributed by atoms with E-state index in [-0.39, 0.29) is 0 Å². The van der Waals surface area contributed by atoms with E-state index in [4.69, 9.17) is 0 Å². The molecule has 0 aromatic rings. The second-order valence-electron chi connectivity index (χ2n) is 6.97. The van der Waals surface area contributed by atoms with Crippen LogP contribution >= 0.6 is 9.24 Å². The number of nitrogens with zero attached hydrogens (tertiary/aromatic N) is 1. The molecule has 2 heterocycles. The van der Waals surface area contributed by atoms with Crippen LogP contribution in [0, 0.1) is 17.8 Å². The van der Waals surface area contributed by atoms with E-state index in [2.05, 4.69) is 45.8 Å². The summed E-state index contributed by atoms with van der Waals surface area (Å²) >= 11 is 0. The van der Waals surface area contributed by atoms with Gasteiger partial charge in [0.25, 0.3) is 0 Å². The highest BCUT2D eigenvalue weighted by molar-refractivity contribution is 7.17. The van der Waals surface area contributed by atoms with Gasteiger partial charge >= 0.3 is 0 Å². The quantitative estimate of drug-likeness (QED) is 0.506. The molecule has 0 saturated carbocycles. The van der Waals surface area contributed by atoms with Crippen LogP contribution in [0.5, 0.6) is 0 Å². The third-order valence-electron chi connectivity index (χ3n) is 5.49. The Bertz CT molecular complexity index is 287. The first-order chi connectivity index (χ1) is 9.63. The van der Waals surface area contributed by atoms with Crippen LogP contribution in [0.2, 0.25) is 0 Å².